The summed E-state index contributed by atoms with van der Waals surface area (Å²) in [6, 6.07) is 0. The van der Waals surface area contributed by atoms with Gasteiger partial charge in [0, 0.05) is 18.5 Å². The maximum Gasteiger partial charge on any atom is 0.109 e. The van der Waals surface area contributed by atoms with Crippen molar-refractivity contribution in [3.8, 4) is 0 Å². The molecule has 0 aliphatic carbocycles. The highest BCUT2D eigenvalue weighted by Crippen LogP contribution is 2.20. The van der Waals surface area contributed by atoms with Crippen molar-refractivity contribution in [3.05, 3.63) is 0 Å². The standard InChI is InChI=1S/C12H24N2O.ClH/c1-12(2)9-13-11(15-10-12)5-8-14-6-3-4-7-14;/h11,13H,3-10H2,1-2H3;1H. The summed E-state index contributed by atoms with van der Waals surface area (Å²) in [5, 5.41) is 3.48. The third-order valence-corrected chi connectivity index (χ3v) is 3.39. The van der Waals surface area contributed by atoms with Crippen LogP contribution in [0.5, 0.6) is 0 Å². The highest BCUT2D eigenvalue weighted by molar-refractivity contribution is 5.85. The van der Waals surface area contributed by atoms with Crippen molar-refractivity contribution in [1.82, 2.24) is 10.2 Å². The Morgan fingerprint density at radius 1 is 1.31 bits per heavy atom. The molecule has 2 saturated heterocycles. The predicted molar refractivity (Wildman–Crippen MR) is 69.1 cm³/mol. The average molecular weight is 249 g/mol. The van der Waals surface area contributed by atoms with Gasteiger partial charge in [-0.25, -0.2) is 0 Å². The second-order valence-electron chi connectivity index (χ2n) is 5.68. The Kier molecular flexibility index (Phi) is 5.51. The van der Waals surface area contributed by atoms with Crippen LogP contribution in [0.15, 0.2) is 0 Å². The fourth-order valence-corrected chi connectivity index (χ4v) is 2.32. The molecule has 2 aliphatic rings. The molecule has 3 nitrogen and oxygen atoms in total. The summed E-state index contributed by atoms with van der Waals surface area (Å²) in [5.74, 6) is 0. The molecule has 0 amide bonds. The molecule has 0 saturated carbocycles. The second-order valence-corrected chi connectivity index (χ2v) is 5.68. The Morgan fingerprint density at radius 3 is 2.56 bits per heavy atom. The zero-order valence-electron chi connectivity index (χ0n) is 10.5. The maximum atomic E-state index is 5.82. The lowest BCUT2D eigenvalue weighted by Gasteiger charge is -2.36. The Hall–Kier alpha value is 0.170. The van der Waals surface area contributed by atoms with Gasteiger partial charge in [-0.15, -0.1) is 12.4 Å². The number of likely N-dealkylation sites (tertiary alicyclic amines) is 1. The van der Waals surface area contributed by atoms with E-state index in [9.17, 15) is 0 Å². The molecule has 0 aromatic rings. The average Bonchev–Trinajstić information content (AvgIpc) is 2.69. The molecule has 0 bridgehead atoms. The van der Waals surface area contributed by atoms with Crippen LogP contribution in [0.25, 0.3) is 0 Å². The van der Waals surface area contributed by atoms with Crippen LogP contribution in [0.3, 0.4) is 0 Å². The molecule has 0 radical (unpaired) electrons. The van der Waals surface area contributed by atoms with E-state index < -0.39 is 0 Å². The minimum absolute atomic E-state index is 0. The smallest absolute Gasteiger partial charge is 0.109 e. The van der Waals surface area contributed by atoms with Crippen LogP contribution in [-0.4, -0.2) is 43.9 Å². The minimum Gasteiger partial charge on any atom is -0.363 e. The fourth-order valence-electron chi connectivity index (χ4n) is 2.32. The lowest BCUT2D eigenvalue weighted by Crippen LogP contribution is -2.48. The first kappa shape index (κ1) is 14.2. The number of halogens is 1. The molecule has 4 heteroatoms. The first-order valence-electron chi connectivity index (χ1n) is 6.23. The van der Waals surface area contributed by atoms with Gasteiger partial charge in [-0.2, -0.15) is 0 Å². The third kappa shape index (κ3) is 4.21. The van der Waals surface area contributed by atoms with Crippen LogP contribution in [0.1, 0.15) is 33.1 Å². The van der Waals surface area contributed by atoms with Crippen LogP contribution < -0.4 is 5.32 Å². The lowest BCUT2D eigenvalue weighted by molar-refractivity contribution is -0.0631. The molecule has 1 atom stereocenters. The molecule has 96 valence electrons. The molecule has 2 rings (SSSR count). The van der Waals surface area contributed by atoms with Gasteiger partial charge in [0.05, 0.1) is 6.61 Å². The van der Waals surface area contributed by atoms with E-state index in [0.29, 0.717) is 11.6 Å². The van der Waals surface area contributed by atoms with Crippen molar-refractivity contribution < 1.29 is 4.74 Å². The molecular weight excluding hydrogens is 224 g/mol. The molecular formula is C12H25ClN2O. The van der Waals surface area contributed by atoms with Gasteiger partial charge in [0.25, 0.3) is 0 Å². The van der Waals surface area contributed by atoms with Gasteiger partial charge in [-0.05, 0) is 32.4 Å². The summed E-state index contributed by atoms with van der Waals surface area (Å²) in [4.78, 5) is 2.55. The molecule has 16 heavy (non-hydrogen) atoms. The zero-order valence-corrected chi connectivity index (χ0v) is 11.3. The van der Waals surface area contributed by atoms with Crippen molar-refractivity contribution in [2.45, 2.75) is 39.3 Å². The normalized spacial score (nSPS) is 30.0. The number of hydrogen-bond donors (Lipinski definition) is 1. The van der Waals surface area contributed by atoms with Crippen LogP contribution in [0.2, 0.25) is 0 Å². The Labute approximate surface area is 105 Å². The molecule has 1 N–H and O–H groups in total. The fraction of sp³-hybridized carbons (Fsp3) is 1.00. The Balaban J connectivity index is 0.00000128. The van der Waals surface area contributed by atoms with E-state index in [1.165, 1.54) is 32.5 Å². The SMILES string of the molecule is CC1(C)CNC(CCN2CCCC2)OC1.Cl. The van der Waals surface area contributed by atoms with Crippen LogP contribution >= 0.6 is 12.4 Å². The number of ether oxygens (including phenoxy) is 1. The van der Waals surface area contributed by atoms with Crippen LogP contribution in [0.4, 0.5) is 0 Å². The summed E-state index contributed by atoms with van der Waals surface area (Å²) >= 11 is 0. The molecule has 0 aromatic heterocycles. The molecule has 2 heterocycles. The number of nitrogens with zero attached hydrogens (tertiary/aromatic N) is 1. The first-order valence-corrected chi connectivity index (χ1v) is 6.23. The van der Waals surface area contributed by atoms with E-state index in [1.54, 1.807) is 0 Å². The van der Waals surface area contributed by atoms with Crippen molar-refractivity contribution in [1.29, 1.82) is 0 Å². The Morgan fingerprint density at radius 2 is 2.00 bits per heavy atom. The van der Waals surface area contributed by atoms with E-state index in [4.69, 9.17) is 4.74 Å². The van der Waals surface area contributed by atoms with E-state index in [2.05, 4.69) is 24.1 Å². The first-order chi connectivity index (χ1) is 7.16. The van der Waals surface area contributed by atoms with Gasteiger partial charge in [0.1, 0.15) is 6.23 Å². The van der Waals surface area contributed by atoms with Crippen LogP contribution in [-0.2, 0) is 4.74 Å². The lowest BCUT2D eigenvalue weighted by atomic mass is 9.93. The largest absolute Gasteiger partial charge is 0.363 e. The summed E-state index contributed by atoms with van der Waals surface area (Å²) < 4.78 is 5.82. The van der Waals surface area contributed by atoms with Crippen LogP contribution in [0, 0.1) is 5.41 Å². The van der Waals surface area contributed by atoms with Crippen molar-refractivity contribution in [2.75, 3.05) is 32.8 Å². The second kappa shape index (κ2) is 6.20. The number of hydrogen-bond acceptors (Lipinski definition) is 3. The summed E-state index contributed by atoms with van der Waals surface area (Å²) in [5.41, 5.74) is 0.310. The molecule has 0 aromatic carbocycles. The topological polar surface area (TPSA) is 24.5 Å². The zero-order chi connectivity index (χ0) is 10.7. The summed E-state index contributed by atoms with van der Waals surface area (Å²) in [6.45, 7) is 10.2. The number of nitrogens with one attached hydrogen (secondary N) is 1. The van der Waals surface area contributed by atoms with Gasteiger partial charge < -0.3 is 9.64 Å². The summed E-state index contributed by atoms with van der Waals surface area (Å²) in [6.07, 6.45) is 4.19. The molecule has 0 spiro atoms. The third-order valence-electron chi connectivity index (χ3n) is 3.39. The predicted octanol–water partition coefficient (Wildman–Crippen LogP) is 1.87. The van der Waals surface area contributed by atoms with E-state index in [0.717, 1.165) is 19.6 Å². The Bertz CT molecular complexity index is 195. The van der Waals surface area contributed by atoms with Crippen molar-refractivity contribution in [3.63, 3.8) is 0 Å². The minimum atomic E-state index is 0. The van der Waals surface area contributed by atoms with Gasteiger partial charge in [-0.1, -0.05) is 13.8 Å². The van der Waals surface area contributed by atoms with E-state index in [-0.39, 0.29) is 12.4 Å². The van der Waals surface area contributed by atoms with Gasteiger partial charge in [0.15, 0.2) is 0 Å². The van der Waals surface area contributed by atoms with Crippen molar-refractivity contribution in [2.24, 2.45) is 5.41 Å². The van der Waals surface area contributed by atoms with E-state index >= 15 is 0 Å². The molecule has 2 aliphatic heterocycles. The van der Waals surface area contributed by atoms with Gasteiger partial charge in [-0.3, -0.25) is 5.32 Å². The van der Waals surface area contributed by atoms with E-state index in [1.807, 2.05) is 0 Å². The highest BCUT2D eigenvalue weighted by atomic mass is 35.5. The monoisotopic (exact) mass is 248 g/mol. The summed E-state index contributed by atoms with van der Waals surface area (Å²) in [7, 11) is 0. The maximum absolute atomic E-state index is 5.82. The van der Waals surface area contributed by atoms with Gasteiger partial charge in [0.2, 0.25) is 0 Å². The molecule has 1 unspecified atom stereocenters. The molecule has 2 fully saturated rings. The van der Waals surface area contributed by atoms with Gasteiger partial charge >= 0.3 is 0 Å². The number of rotatable bonds is 3. The highest BCUT2D eigenvalue weighted by Gasteiger charge is 2.27. The van der Waals surface area contributed by atoms with Crippen molar-refractivity contribution >= 4 is 12.4 Å². The quantitative estimate of drug-likeness (QED) is 0.825.